The number of methoxy groups -OCH3 is 1. The van der Waals surface area contributed by atoms with Crippen LogP contribution in [0.25, 0.3) is 0 Å². The third kappa shape index (κ3) is 4.43. The number of rotatable bonds is 7. The number of hydrogen-bond acceptors (Lipinski definition) is 5. The van der Waals surface area contributed by atoms with E-state index in [9.17, 15) is 8.42 Å². The van der Waals surface area contributed by atoms with Crippen LogP contribution in [0.2, 0.25) is 0 Å². The SMILES string of the molecule is COCCn1c(C)cnc1CC1CCCN(S(=O)(=O)c2ccc(C#N)cc2)C1. The largest absolute Gasteiger partial charge is 0.383 e. The van der Waals surface area contributed by atoms with Gasteiger partial charge in [-0.3, -0.25) is 0 Å². The smallest absolute Gasteiger partial charge is 0.243 e. The van der Waals surface area contributed by atoms with Crippen LogP contribution in [-0.4, -0.2) is 49.1 Å². The Bertz CT molecular complexity index is 945. The van der Waals surface area contributed by atoms with Crippen molar-refractivity contribution < 1.29 is 13.2 Å². The lowest BCUT2D eigenvalue weighted by Crippen LogP contribution is -2.40. The monoisotopic (exact) mass is 402 g/mol. The van der Waals surface area contributed by atoms with Gasteiger partial charge in [0.05, 0.1) is 23.1 Å². The van der Waals surface area contributed by atoms with Crippen LogP contribution in [0.4, 0.5) is 0 Å². The van der Waals surface area contributed by atoms with Crippen molar-refractivity contribution in [1.82, 2.24) is 13.9 Å². The van der Waals surface area contributed by atoms with Crippen molar-refractivity contribution in [1.29, 1.82) is 5.26 Å². The molecule has 0 saturated carbocycles. The molecule has 1 fully saturated rings. The lowest BCUT2D eigenvalue weighted by atomic mass is 9.96. The van der Waals surface area contributed by atoms with E-state index in [0.717, 1.165) is 37.3 Å². The lowest BCUT2D eigenvalue weighted by molar-refractivity contribution is 0.184. The van der Waals surface area contributed by atoms with Gasteiger partial charge in [-0.1, -0.05) is 0 Å². The van der Waals surface area contributed by atoms with Crippen LogP contribution in [0.5, 0.6) is 0 Å². The average Bonchev–Trinajstić information content (AvgIpc) is 3.05. The predicted molar refractivity (Wildman–Crippen MR) is 105 cm³/mol. The first-order chi connectivity index (χ1) is 13.5. The van der Waals surface area contributed by atoms with Crippen molar-refractivity contribution in [3.8, 4) is 6.07 Å². The highest BCUT2D eigenvalue weighted by Crippen LogP contribution is 2.26. The predicted octanol–water partition coefficient (Wildman–Crippen LogP) is 2.35. The Morgan fingerprint density at radius 1 is 1.32 bits per heavy atom. The molecule has 3 rings (SSSR count). The molecule has 2 aromatic rings. The van der Waals surface area contributed by atoms with E-state index in [1.807, 2.05) is 19.2 Å². The molecule has 0 amide bonds. The summed E-state index contributed by atoms with van der Waals surface area (Å²) in [7, 11) is -1.88. The molecule has 0 radical (unpaired) electrons. The molecule has 1 aliphatic rings. The van der Waals surface area contributed by atoms with Crippen molar-refractivity contribution in [2.75, 3.05) is 26.8 Å². The fourth-order valence-corrected chi connectivity index (χ4v) is 5.24. The van der Waals surface area contributed by atoms with Gasteiger partial charge in [-0.2, -0.15) is 9.57 Å². The molecule has 0 spiro atoms. The van der Waals surface area contributed by atoms with Gasteiger partial charge in [0, 0.05) is 45.1 Å². The van der Waals surface area contributed by atoms with E-state index >= 15 is 0 Å². The molecular weight excluding hydrogens is 376 g/mol. The maximum atomic E-state index is 13.0. The average molecular weight is 403 g/mol. The molecule has 150 valence electrons. The van der Waals surface area contributed by atoms with Crippen LogP contribution in [0, 0.1) is 24.2 Å². The maximum Gasteiger partial charge on any atom is 0.243 e. The van der Waals surface area contributed by atoms with Crippen molar-refractivity contribution in [2.45, 2.75) is 37.6 Å². The zero-order valence-electron chi connectivity index (χ0n) is 16.3. The van der Waals surface area contributed by atoms with E-state index in [-0.39, 0.29) is 10.8 Å². The second-order valence-corrected chi connectivity index (χ2v) is 9.11. The molecule has 0 aliphatic carbocycles. The number of aryl methyl sites for hydroxylation is 1. The molecule has 2 heterocycles. The van der Waals surface area contributed by atoms with Gasteiger partial charge in [-0.25, -0.2) is 13.4 Å². The lowest BCUT2D eigenvalue weighted by Gasteiger charge is -2.32. The van der Waals surface area contributed by atoms with Gasteiger partial charge in [0.25, 0.3) is 0 Å². The summed E-state index contributed by atoms with van der Waals surface area (Å²) < 4.78 is 34.9. The Balaban J connectivity index is 1.73. The first-order valence-corrected chi connectivity index (χ1v) is 10.9. The summed E-state index contributed by atoms with van der Waals surface area (Å²) in [5, 5.41) is 8.91. The Labute approximate surface area is 166 Å². The van der Waals surface area contributed by atoms with E-state index in [2.05, 4.69) is 9.55 Å². The van der Waals surface area contributed by atoms with E-state index < -0.39 is 10.0 Å². The van der Waals surface area contributed by atoms with Crippen LogP contribution >= 0.6 is 0 Å². The van der Waals surface area contributed by atoms with E-state index in [1.54, 1.807) is 23.5 Å². The molecule has 8 heteroatoms. The minimum atomic E-state index is -3.55. The minimum absolute atomic E-state index is 0.227. The van der Waals surface area contributed by atoms with E-state index in [4.69, 9.17) is 10.00 Å². The number of ether oxygens (including phenoxy) is 1. The summed E-state index contributed by atoms with van der Waals surface area (Å²) in [6.45, 7) is 4.40. The molecule has 1 unspecified atom stereocenters. The van der Waals surface area contributed by atoms with Gasteiger partial charge < -0.3 is 9.30 Å². The first kappa shape index (κ1) is 20.5. The summed E-state index contributed by atoms with van der Waals surface area (Å²) >= 11 is 0. The summed E-state index contributed by atoms with van der Waals surface area (Å²) in [6.07, 6.45) is 4.42. The molecule has 1 atom stereocenters. The standard InChI is InChI=1S/C20H26N4O3S/c1-16-14-22-20(24(16)10-11-27-2)12-18-4-3-9-23(15-18)28(25,26)19-7-5-17(13-21)6-8-19/h5-8,14,18H,3-4,9-12,15H2,1-2H3. The molecule has 28 heavy (non-hydrogen) atoms. The first-order valence-electron chi connectivity index (χ1n) is 9.46. The third-order valence-electron chi connectivity index (χ3n) is 5.23. The zero-order valence-corrected chi connectivity index (χ0v) is 17.2. The molecule has 0 N–H and O–H groups in total. The normalized spacial score (nSPS) is 18.1. The van der Waals surface area contributed by atoms with Crippen LogP contribution in [-0.2, 0) is 27.7 Å². The number of benzene rings is 1. The third-order valence-corrected chi connectivity index (χ3v) is 7.11. The molecular formula is C20H26N4O3S. The molecule has 1 saturated heterocycles. The van der Waals surface area contributed by atoms with Gasteiger partial charge in [-0.15, -0.1) is 0 Å². The van der Waals surface area contributed by atoms with Crippen molar-refractivity contribution >= 4 is 10.0 Å². The van der Waals surface area contributed by atoms with E-state index in [0.29, 0.717) is 25.3 Å². The van der Waals surface area contributed by atoms with Crippen LogP contribution < -0.4 is 0 Å². The van der Waals surface area contributed by atoms with Crippen molar-refractivity contribution in [2.24, 2.45) is 5.92 Å². The quantitative estimate of drug-likeness (QED) is 0.709. The molecule has 1 aromatic heterocycles. The highest BCUT2D eigenvalue weighted by molar-refractivity contribution is 7.89. The maximum absolute atomic E-state index is 13.0. The Hall–Kier alpha value is -2.21. The van der Waals surface area contributed by atoms with Crippen LogP contribution in [0.3, 0.4) is 0 Å². The number of hydrogen-bond donors (Lipinski definition) is 0. The second kappa shape index (κ2) is 8.86. The van der Waals surface area contributed by atoms with Crippen molar-refractivity contribution in [3.63, 3.8) is 0 Å². The minimum Gasteiger partial charge on any atom is -0.383 e. The molecule has 7 nitrogen and oxygen atoms in total. The molecule has 1 aliphatic heterocycles. The van der Waals surface area contributed by atoms with Gasteiger partial charge in [-0.05, 0) is 49.9 Å². The second-order valence-electron chi connectivity index (χ2n) is 7.17. The topological polar surface area (TPSA) is 88.2 Å². The summed E-state index contributed by atoms with van der Waals surface area (Å²) in [4.78, 5) is 4.78. The van der Waals surface area contributed by atoms with Crippen LogP contribution in [0.1, 0.15) is 29.9 Å². The van der Waals surface area contributed by atoms with Gasteiger partial charge >= 0.3 is 0 Å². The highest BCUT2D eigenvalue weighted by atomic mass is 32.2. The number of nitriles is 1. The van der Waals surface area contributed by atoms with Gasteiger partial charge in [0.1, 0.15) is 5.82 Å². The van der Waals surface area contributed by atoms with Crippen molar-refractivity contribution in [3.05, 3.63) is 47.5 Å². The Morgan fingerprint density at radius 2 is 2.07 bits per heavy atom. The summed E-state index contributed by atoms with van der Waals surface area (Å²) in [5.74, 6) is 1.21. The van der Waals surface area contributed by atoms with Gasteiger partial charge in [0.2, 0.25) is 10.0 Å². The molecule has 1 aromatic carbocycles. The fourth-order valence-electron chi connectivity index (χ4n) is 3.68. The summed E-state index contributed by atoms with van der Waals surface area (Å²) in [6, 6.07) is 8.13. The number of sulfonamides is 1. The molecule has 0 bridgehead atoms. The fraction of sp³-hybridized carbons (Fsp3) is 0.500. The van der Waals surface area contributed by atoms with Crippen LogP contribution in [0.15, 0.2) is 35.4 Å². The highest BCUT2D eigenvalue weighted by Gasteiger charge is 2.31. The number of piperidine rings is 1. The number of nitrogens with zero attached hydrogens (tertiary/aromatic N) is 4. The number of aromatic nitrogens is 2. The Kier molecular flexibility index (Phi) is 6.50. The summed E-state index contributed by atoms with van der Waals surface area (Å²) in [5.41, 5.74) is 1.54. The Morgan fingerprint density at radius 3 is 2.75 bits per heavy atom. The zero-order chi connectivity index (χ0) is 20.1. The van der Waals surface area contributed by atoms with Gasteiger partial charge in [0.15, 0.2) is 0 Å². The van der Waals surface area contributed by atoms with E-state index in [1.165, 1.54) is 12.1 Å². The number of imidazole rings is 1.